The predicted molar refractivity (Wildman–Crippen MR) is 110 cm³/mol. The van der Waals surface area contributed by atoms with E-state index in [2.05, 4.69) is 4.98 Å². The number of pyridine rings is 1. The highest BCUT2D eigenvalue weighted by Gasteiger charge is 2.18. The molecule has 0 bridgehead atoms. The standard InChI is InChI=1S/C23H15NO6/c1-11-20(26)12(2)23(27)30-21(11)18-9-15-7-13(3-5-17(15)29-18)16-8-14-4-6-19(25)24-22(14)28-10-16/h3-10,26H,1-2H3. The summed E-state index contributed by atoms with van der Waals surface area (Å²) in [6, 6.07) is 12.3. The first-order valence-corrected chi connectivity index (χ1v) is 9.18. The molecule has 0 aliphatic carbocycles. The molecule has 0 atom stereocenters. The monoisotopic (exact) mass is 401 g/mol. The lowest BCUT2D eigenvalue weighted by atomic mass is 10.0. The van der Waals surface area contributed by atoms with E-state index in [4.69, 9.17) is 13.3 Å². The summed E-state index contributed by atoms with van der Waals surface area (Å²) < 4.78 is 16.7. The van der Waals surface area contributed by atoms with Crippen LogP contribution in [-0.2, 0) is 0 Å². The Balaban J connectivity index is 1.62. The molecule has 3 aromatic rings. The molecule has 2 aliphatic heterocycles. The van der Waals surface area contributed by atoms with Crippen LogP contribution in [0.2, 0.25) is 0 Å². The van der Waals surface area contributed by atoms with Gasteiger partial charge in [0.15, 0.2) is 11.5 Å². The summed E-state index contributed by atoms with van der Waals surface area (Å²) in [5.74, 6) is 0.723. The van der Waals surface area contributed by atoms with Gasteiger partial charge in [-0.1, -0.05) is 6.07 Å². The molecular weight excluding hydrogens is 386 g/mol. The summed E-state index contributed by atoms with van der Waals surface area (Å²) in [6.07, 6.45) is 1.54. The Hall–Kier alpha value is -4.13. The Bertz CT molecular complexity index is 1520. The van der Waals surface area contributed by atoms with Crippen LogP contribution in [0, 0.1) is 13.8 Å². The minimum Gasteiger partial charge on any atom is -0.507 e. The molecule has 1 N–H and O–H groups in total. The van der Waals surface area contributed by atoms with Gasteiger partial charge < -0.3 is 18.4 Å². The summed E-state index contributed by atoms with van der Waals surface area (Å²) in [6.45, 7) is 3.17. The molecular formula is C23H15NO6. The van der Waals surface area contributed by atoms with Crippen LogP contribution in [0.3, 0.4) is 0 Å². The molecule has 7 nitrogen and oxygen atoms in total. The highest BCUT2D eigenvalue weighted by Crippen LogP contribution is 2.35. The summed E-state index contributed by atoms with van der Waals surface area (Å²) in [5, 5.41) is 11.0. The van der Waals surface area contributed by atoms with Crippen molar-refractivity contribution in [1.82, 2.24) is 4.98 Å². The number of fused-ring (bicyclic) bond motifs is 2. The van der Waals surface area contributed by atoms with Gasteiger partial charge in [-0.2, -0.15) is 4.98 Å². The van der Waals surface area contributed by atoms with E-state index in [0.29, 0.717) is 22.5 Å². The van der Waals surface area contributed by atoms with E-state index in [1.165, 1.54) is 19.3 Å². The molecule has 0 amide bonds. The number of aromatic nitrogens is 1. The van der Waals surface area contributed by atoms with E-state index >= 15 is 0 Å². The van der Waals surface area contributed by atoms with Gasteiger partial charge in [-0.15, -0.1) is 0 Å². The Morgan fingerprint density at radius 2 is 1.67 bits per heavy atom. The van der Waals surface area contributed by atoms with Crippen molar-refractivity contribution in [2.24, 2.45) is 0 Å². The third-order valence-corrected chi connectivity index (χ3v) is 5.10. The number of furan rings is 1. The zero-order valence-corrected chi connectivity index (χ0v) is 16.1. The van der Waals surface area contributed by atoms with Gasteiger partial charge in [-0.25, -0.2) is 4.79 Å². The van der Waals surface area contributed by atoms with Crippen LogP contribution in [0.15, 0.2) is 71.6 Å². The van der Waals surface area contributed by atoms with Crippen LogP contribution in [-0.4, -0.2) is 10.1 Å². The molecule has 0 radical (unpaired) electrons. The molecule has 7 heteroatoms. The zero-order chi connectivity index (χ0) is 21.0. The lowest BCUT2D eigenvalue weighted by Crippen LogP contribution is -2.05. The first kappa shape index (κ1) is 17.9. The van der Waals surface area contributed by atoms with Gasteiger partial charge in [-0.3, -0.25) is 4.79 Å². The van der Waals surface area contributed by atoms with Crippen LogP contribution in [0.5, 0.6) is 5.75 Å². The number of nitrogens with zero attached hydrogens (tertiary/aromatic N) is 1. The van der Waals surface area contributed by atoms with Crippen molar-refractivity contribution in [3.8, 4) is 39.9 Å². The van der Waals surface area contributed by atoms with Crippen molar-refractivity contribution in [1.29, 1.82) is 0 Å². The summed E-state index contributed by atoms with van der Waals surface area (Å²) >= 11 is 0. The van der Waals surface area contributed by atoms with Gasteiger partial charge in [-0.05, 0) is 49.7 Å². The van der Waals surface area contributed by atoms with Crippen LogP contribution >= 0.6 is 0 Å². The maximum absolute atomic E-state index is 12.0. The number of hydrogen-bond donors (Lipinski definition) is 1. The average molecular weight is 401 g/mol. The Morgan fingerprint density at radius 1 is 0.867 bits per heavy atom. The fourth-order valence-electron chi connectivity index (χ4n) is 3.41. The Kier molecular flexibility index (Phi) is 3.86. The normalized spacial score (nSPS) is 11.4. The van der Waals surface area contributed by atoms with Gasteiger partial charge in [0.1, 0.15) is 17.6 Å². The van der Waals surface area contributed by atoms with Crippen molar-refractivity contribution in [3.05, 3.63) is 80.6 Å². The van der Waals surface area contributed by atoms with E-state index in [9.17, 15) is 14.7 Å². The second-order valence-electron chi connectivity index (χ2n) is 7.06. The van der Waals surface area contributed by atoms with Crippen LogP contribution in [0.4, 0.5) is 0 Å². The molecule has 5 rings (SSSR count). The van der Waals surface area contributed by atoms with Crippen molar-refractivity contribution < 1.29 is 18.4 Å². The van der Waals surface area contributed by atoms with Gasteiger partial charge in [0.25, 0.3) is 5.56 Å². The van der Waals surface area contributed by atoms with E-state index in [1.54, 1.807) is 25.1 Å². The lowest BCUT2D eigenvalue weighted by molar-refractivity contribution is 0.433. The third kappa shape index (κ3) is 2.79. The smallest absolute Gasteiger partial charge is 0.343 e. The maximum atomic E-state index is 12.0. The molecule has 0 unspecified atom stereocenters. The molecule has 0 spiro atoms. The first-order valence-electron chi connectivity index (χ1n) is 9.18. The molecule has 2 aliphatic rings. The predicted octanol–water partition coefficient (Wildman–Crippen LogP) is 4.50. The third-order valence-electron chi connectivity index (χ3n) is 5.10. The van der Waals surface area contributed by atoms with Crippen LogP contribution in [0.25, 0.3) is 45.1 Å². The largest absolute Gasteiger partial charge is 0.507 e. The van der Waals surface area contributed by atoms with Crippen molar-refractivity contribution in [2.45, 2.75) is 13.8 Å². The number of aromatic hydroxyl groups is 1. The van der Waals surface area contributed by atoms with Crippen LogP contribution in [0.1, 0.15) is 11.1 Å². The molecule has 1 aromatic carbocycles. The zero-order valence-electron chi connectivity index (χ0n) is 16.1. The highest BCUT2D eigenvalue weighted by molar-refractivity contribution is 5.87. The quantitative estimate of drug-likeness (QED) is 0.464. The highest BCUT2D eigenvalue weighted by atomic mass is 16.4. The second-order valence-corrected chi connectivity index (χ2v) is 7.06. The van der Waals surface area contributed by atoms with E-state index in [-0.39, 0.29) is 28.5 Å². The molecule has 148 valence electrons. The second kappa shape index (κ2) is 6.45. The van der Waals surface area contributed by atoms with Crippen molar-refractivity contribution in [2.75, 3.05) is 0 Å². The molecule has 0 saturated carbocycles. The van der Waals surface area contributed by atoms with E-state index < -0.39 is 5.63 Å². The lowest BCUT2D eigenvalue weighted by Gasteiger charge is -2.06. The number of benzene rings is 1. The summed E-state index contributed by atoms with van der Waals surface area (Å²) in [4.78, 5) is 27.2. The van der Waals surface area contributed by atoms with Gasteiger partial charge in [0.2, 0.25) is 5.89 Å². The van der Waals surface area contributed by atoms with E-state index in [0.717, 1.165) is 16.5 Å². The summed E-state index contributed by atoms with van der Waals surface area (Å²) in [7, 11) is 0. The maximum Gasteiger partial charge on any atom is 0.343 e. The van der Waals surface area contributed by atoms with Crippen molar-refractivity contribution in [3.63, 3.8) is 0 Å². The van der Waals surface area contributed by atoms with Gasteiger partial charge in [0, 0.05) is 28.1 Å². The minimum atomic E-state index is -0.609. The molecule has 30 heavy (non-hydrogen) atoms. The fourth-order valence-corrected chi connectivity index (χ4v) is 3.41. The molecule has 0 fully saturated rings. The topological polar surface area (TPSA) is 107 Å². The minimum absolute atomic E-state index is 0.102. The molecule has 4 heterocycles. The average Bonchev–Trinajstić information content (AvgIpc) is 3.17. The van der Waals surface area contributed by atoms with Crippen LogP contribution < -0.4 is 11.2 Å². The van der Waals surface area contributed by atoms with Gasteiger partial charge in [0.05, 0.1) is 5.56 Å². The Labute approximate surface area is 169 Å². The van der Waals surface area contributed by atoms with Crippen molar-refractivity contribution >= 4 is 11.0 Å². The number of rotatable bonds is 2. The Morgan fingerprint density at radius 3 is 2.50 bits per heavy atom. The molecule has 0 saturated heterocycles. The summed E-state index contributed by atoms with van der Waals surface area (Å²) in [5.41, 5.74) is 2.63. The fraction of sp³-hybridized carbons (Fsp3) is 0.0870. The van der Waals surface area contributed by atoms with E-state index in [1.807, 2.05) is 18.2 Å². The van der Waals surface area contributed by atoms with Gasteiger partial charge >= 0.3 is 5.63 Å². The molecule has 2 aromatic heterocycles. The number of hydrogen-bond acceptors (Lipinski definition) is 7. The first-order chi connectivity index (χ1) is 14.4. The SMILES string of the molecule is Cc1c(-c2cc3cc(-c4coc5nc(=O)ccc-5c4)ccc3o2)oc(=O)c(C)c1O.